The van der Waals surface area contributed by atoms with Crippen LogP contribution in [0.2, 0.25) is 0 Å². The fourth-order valence-electron chi connectivity index (χ4n) is 8.24. The van der Waals surface area contributed by atoms with Crippen LogP contribution in [0.3, 0.4) is 0 Å². The summed E-state index contributed by atoms with van der Waals surface area (Å²) in [6.45, 7) is 3.92. The van der Waals surface area contributed by atoms with E-state index in [1.54, 1.807) is 44.2 Å². The predicted octanol–water partition coefficient (Wildman–Crippen LogP) is -4.64. The zero-order valence-electron chi connectivity index (χ0n) is 43.0. The highest BCUT2D eigenvalue weighted by atomic mass is 32.1. The van der Waals surface area contributed by atoms with E-state index in [0.717, 1.165) is 0 Å². The van der Waals surface area contributed by atoms with E-state index in [4.69, 9.17) is 17.2 Å². The number of nitrogens with one attached hydrogen (secondary N) is 9. The number of amides is 8. The number of H-pyrrole nitrogens is 2. The van der Waals surface area contributed by atoms with E-state index in [0.29, 0.717) is 23.4 Å². The number of carbonyl (C=O) groups is 9. The molecule has 0 unspecified atom stereocenters. The first kappa shape index (κ1) is 61.9. The Morgan fingerprint density at radius 2 is 1.27 bits per heavy atom. The highest BCUT2D eigenvalue weighted by Crippen LogP contribution is 2.20. The number of aliphatic hydroxyl groups excluding tert-OH is 2. The number of hydrogen-bond acceptors (Lipinski definition) is 16. The maximum absolute atomic E-state index is 14.3. The van der Waals surface area contributed by atoms with Crippen molar-refractivity contribution in [1.29, 1.82) is 0 Å². The van der Waals surface area contributed by atoms with Crippen molar-refractivity contribution in [2.75, 3.05) is 25.4 Å². The summed E-state index contributed by atoms with van der Waals surface area (Å²) in [7, 11) is 0. The van der Waals surface area contributed by atoms with Crippen molar-refractivity contribution in [3.8, 4) is 0 Å². The van der Waals surface area contributed by atoms with Crippen LogP contribution in [-0.4, -0.2) is 185 Å². The van der Waals surface area contributed by atoms with Gasteiger partial charge >= 0.3 is 5.97 Å². The second kappa shape index (κ2) is 30.8. The van der Waals surface area contributed by atoms with E-state index in [9.17, 15) is 58.5 Å². The molecule has 3 aromatic rings. The molecule has 0 spiro atoms. The molecular formula is C48H72N16O12S. The number of rotatable bonds is 31. The summed E-state index contributed by atoms with van der Waals surface area (Å²) >= 11 is 4.18. The van der Waals surface area contributed by atoms with Gasteiger partial charge in [-0.15, -0.1) is 0 Å². The van der Waals surface area contributed by atoms with E-state index < -0.39 is 126 Å². The number of nitrogens with two attached hydrogens (primary N) is 3. The first-order valence-corrected chi connectivity index (χ1v) is 25.6. The average Bonchev–Trinajstić information content (AvgIpc) is 4.21. The molecule has 422 valence electrons. The number of hydrogen-bond donors (Lipinski definition) is 16. The van der Waals surface area contributed by atoms with Crippen molar-refractivity contribution in [3.63, 3.8) is 0 Å². The van der Waals surface area contributed by atoms with Gasteiger partial charge in [0.2, 0.25) is 47.3 Å². The monoisotopic (exact) mass is 1100 g/mol. The highest BCUT2D eigenvalue weighted by molar-refractivity contribution is 7.80. The van der Waals surface area contributed by atoms with Gasteiger partial charge in [-0.3, -0.25) is 43.3 Å². The summed E-state index contributed by atoms with van der Waals surface area (Å²) < 4.78 is 0. The number of carboxylic acids is 1. The van der Waals surface area contributed by atoms with Crippen LogP contribution < -0.4 is 54.4 Å². The summed E-state index contributed by atoms with van der Waals surface area (Å²) in [6.07, 6.45) is 4.75. The smallest absolute Gasteiger partial charge is 0.326 e. The lowest BCUT2D eigenvalue weighted by atomic mass is 10.0. The molecule has 0 aliphatic carbocycles. The van der Waals surface area contributed by atoms with Crippen LogP contribution in [0.5, 0.6) is 0 Å². The fourth-order valence-corrected chi connectivity index (χ4v) is 8.50. The second-order valence-corrected chi connectivity index (χ2v) is 19.3. The van der Waals surface area contributed by atoms with Gasteiger partial charge in [0.1, 0.15) is 48.3 Å². The molecular weight excluding hydrogens is 1020 g/mol. The SMILES string of the molecule is CC(C)C[C@H](NC(=O)[C@H](CO)NC(=O)[C@H](CS)NC(=O)[C@@H](NC(=O)[C@H](CCCN=C(N)N)NC(=O)[C@@H](N)Cc1cnc[nH]1)[C@@H](C)O)C(=O)N[C@@H](Cc1cnc[nH]1)C(=O)N[C@@H](Cc1ccccc1)C(=O)N1CCC[C@H]1C(=O)O. The number of aromatic amines is 2. The minimum atomic E-state index is -1.73. The van der Waals surface area contributed by atoms with Crippen molar-refractivity contribution >= 4 is 71.8 Å². The Hall–Kier alpha value is -7.63. The minimum absolute atomic E-state index is 0.00956. The van der Waals surface area contributed by atoms with Crippen LogP contribution in [0.4, 0.5) is 0 Å². The summed E-state index contributed by atoms with van der Waals surface area (Å²) in [5.74, 6) is -9.13. The number of carbonyl (C=O) groups excluding carboxylic acids is 8. The maximum Gasteiger partial charge on any atom is 0.326 e. The number of imidazole rings is 2. The topological polar surface area (TPSA) is 450 Å². The van der Waals surface area contributed by atoms with Crippen molar-refractivity contribution < 1.29 is 58.5 Å². The van der Waals surface area contributed by atoms with E-state index in [-0.39, 0.29) is 69.9 Å². The van der Waals surface area contributed by atoms with Crippen LogP contribution in [-0.2, 0) is 62.4 Å². The van der Waals surface area contributed by atoms with Crippen LogP contribution in [0.1, 0.15) is 69.8 Å². The number of guanidine groups is 1. The number of likely N-dealkylation sites (tertiary alicyclic amines) is 1. The third-order valence-corrected chi connectivity index (χ3v) is 12.6. The average molecular weight is 1100 g/mol. The van der Waals surface area contributed by atoms with Crippen molar-refractivity contribution in [2.45, 2.75) is 133 Å². The largest absolute Gasteiger partial charge is 0.480 e. The molecule has 8 amide bonds. The van der Waals surface area contributed by atoms with Gasteiger partial charge < -0.3 is 84.6 Å². The number of benzene rings is 1. The number of nitrogens with zero attached hydrogens (tertiary/aromatic N) is 4. The highest BCUT2D eigenvalue weighted by Gasteiger charge is 2.40. The minimum Gasteiger partial charge on any atom is -0.480 e. The summed E-state index contributed by atoms with van der Waals surface area (Å²) in [5, 5.41) is 48.4. The first-order valence-electron chi connectivity index (χ1n) is 25.0. The lowest BCUT2D eigenvalue weighted by Crippen LogP contribution is -2.62. The third kappa shape index (κ3) is 19.8. The Morgan fingerprint density at radius 1 is 0.727 bits per heavy atom. The van der Waals surface area contributed by atoms with Crippen molar-refractivity contribution in [2.24, 2.45) is 28.1 Å². The summed E-state index contributed by atoms with van der Waals surface area (Å²) in [4.78, 5) is 141. The molecule has 2 aromatic heterocycles. The number of aliphatic imine (C=N–C) groups is 1. The quantitative estimate of drug-likeness (QED) is 0.0125. The number of carboxylic acid groups (broad SMARTS) is 1. The maximum atomic E-state index is 14.3. The zero-order valence-corrected chi connectivity index (χ0v) is 43.9. The molecule has 29 heteroatoms. The van der Waals surface area contributed by atoms with Gasteiger partial charge in [0.25, 0.3) is 0 Å². The van der Waals surface area contributed by atoms with E-state index in [1.165, 1.54) is 36.9 Å². The molecule has 3 heterocycles. The van der Waals surface area contributed by atoms with E-state index in [2.05, 4.69) is 74.8 Å². The second-order valence-electron chi connectivity index (χ2n) is 18.9. The lowest BCUT2D eigenvalue weighted by molar-refractivity contribution is -0.149. The van der Waals surface area contributed by atoms with Crippen LogP contribution in [0.15, 0.2) is 60.4 Å². The summed E-state index contributed by atoms with van der Waals surface area (Å²) in [6, 6.07) is -3.79. The Morgan fingerprint density at radius 3 is 1.84 bits per heavy atom. The molecule has 1 aliphatic heterocycles. The lowest BCUT2D eigenvalue weighted by Gasteiger charge is -2.30. The Kier molecular flexibility index (Phi) is 24.8. The molecule has 0 radical (unpaired) electrons. The summed E-state index contributed by atoms with van der Waals surface area (Å²) in [5.41, 5.74) is 18.5. The number of thiol groups is 1. The van der Waals surface area contributed by atoms with Gasteiger partial charge in [0, 0.05) is 61.9 Å². The fraction of sp³-hybridized carbons (Fsp3) is 0.542. The Bertz CT molecular complexity index is 2460. The molecule has 77 heavy (non-hydrogen) atoms. The molecule has 1 fully saturated rings. The molecule has 4 rings (SSSR count). The van der Waals surface area contributed by atoms with E-state index >= 15 is 0 Å². The van der Waals surface area contributed by atoms with Gasteiger partial charge in [0.05, 0.1) is 31.4 Å². The van der Waals surface area contributed by atoms with Gasteiger partial charge in [-0.1, -0.05) is 44.2 Å². The molecule has 1 saturated heterocycles. The van der Waals surface area contributed by atoms with Gasteiger partial charge in [-0.2, -0.15) is 12.6 Å². The molecule has 0 saturated carbocycles. The van der Waals surface area contributed by atoms with Crippen LogP contribution in [0.25, 0.3) is 0 Å². The molecule has 1 aromatic carbocycles. The van der Waals surface area contributed by atoms with Gasteiger partial charge in [-0.25, -0.2) is 14.8 Å². The standard InChI is InChI=1S/C48H72N16O12S/c1-25(2)15-32(41(69)59-33(18-29-20-53-24-56-29)42(70)60-34(16-27-9-5-4-6-10-27)46(74)64-14-8-12-37(64)47(75)76)58-43(71)35(21-65)61-44(72)36(22-77)62-45(73)38(26(3)66)63-40(68)31(11-7-13-54-48(50)51)57-39(67)30(49)17-28-19-52-23-55-28/h4-6,9-10,19-20,23-26,30-38,65-66,77H,7-8,11-18,21-22,49H2,1-3H3,(H,52,55)(H,53,56)(H,57,67)(H,58,71)(H,59,69)(H,60,70)(H,61,72)(H,62,73)(H,63,68)(H,75,76)(H4,50,51,54)/t26-,30+,31+,32+,33+,34+,35+,36+,37+,38+/m1/s1. The van der Waals surface area contributed by atoms with Gasteiger partial charge in [0.15, 0.2) is 5.96 Å². The molecule has 1 aliphatic rings. The van der Waals surface area contributed by atoms with Crippen molar-refractivity contribution in [1.82, 2.24) is 62.1 Å². The Labute approximate surface area is 449 Å². The zero-order chi connectivity index (χ0) is 56.8. The van der Waals surface area contributed by atoms with Crippen molar-refractivity contribution in [3.05, 3.63) is 72.3 Å². The molecule has 28 nitrogen and oxygen atoms in total. The molecule has 0 bridgehead atoms. The van der Waals surface area contributed by atoms with Gasteiger partial charge in [-0.05, 0) is 50.5 Å². The molecule has 18 N–H and O–H groups in total. The normalized spacial score (nSPS) is 16.7. The predicted molar refractivity (Wildman–Crippen MR) is 281 cm³/mol. The third-order valence-electron chi connectivity index (χ3n) is 12.3. The van der Waals surface area contributed by atoms with Crippen LogP contribution >= 0.6 is 12.6 Å². The first-order chi connectivity index (χ1) is 36.6. The Balaban J connectivity index is 1.46. The van der Waals surface area contributed by atoms with Crippen LogP contribution in [0, 0.1) is 5.92 Å². The number of aromatic nitrogens is 4. The van der Waals surface area contributed by atoms with E-state index in [1.807, 2.05) is 0 Å². The molecule has 10 atom stereocenters. The number of aliphatic carboxylic acids is 1. The number of aliphatic hydroxyl groups is 2.